The number of hydrogen-bond donors (Lipinski definition) is 0. The van der Waals surface area contributed by atoms with Crippen molar-refractivity contribution < 1.29 is 0 Å². The molecule has 7 aromatic carbocycles. The molecule has 0 atom stereocenters. The molecule has 0 aliphatic carbocycles. The summed E-state index contributed by atoms with van der Waals surface area (Å²) in [7, 11) is 0. The summed E-state index contributed by atoms with van der Waals surface area (Å²) in [5, 5.41) is 7.73. The van der Waals surface area contributed by atoms with Crippen molar-refractivity contribution in [3.05, 3.63) is 152 Å². The van der Waals surface area contributed by atoms with E-state index in [9.17, 15) is 0 Å². The summed E-state index contributed by atoms with van der Waals surface area (Å²) in [6.07, 6.45) is 0. The van der Waals surface area contributed by atoms with Crippen LogP contribution in [-0.4, -0.2) is 4.57 Å². The molecule has 1 heterocycles. The molecule has 8 aromatic rings. The van der Waals surface area contributed by atoms with Gasteiger partial charge in [-0.05, 0) is 45.0 Å². The van der Waals surface area contributed by atoms with Crippen LogP contribution in [0.3, 0.4) is 0 Å². The maximum absolute atomic E-state index is 2.50. The van der Waals surface area contributed by atoms with Crippen molar-refractivity contribution in [2.45, 2.75) is 0 Å². The molecule has 0 aliphatic heterocycles. The Morgan fingerprint density at radius 2 is 0.821 bits per heavy atom. The van der Waals surface area contributed by atoms with Gasteiger partial charge in [-0.2, -0.15) is 0 Å². The van der Waals surface area contributed by atoms with Gasteiger partial charge in [0, 0.05) is 27.4 Å². The number of para-hydroxylation sites is 1. The Labute approximate surface area is 227 Å². The van der Waals surface area contributed by atoms with Crippen LogP contribution in [0.1, 0.15) is 0 Å². The van der Waals surface area contributed by atoms with Crippen molar-refractivity contribution in [1.29, 1.82) is 0 Å². The van der Waals surface area contributed by atoms with Crippen LogP contribution in [0, 0.1) is 0 Å². The van der Waals surface area contributed by atoms with Crippen molar-refractivity contribution >= 4 is 43.4 Å². The molecule has 0 bridgehead atoms. The van der Waals surface area contributed by atoms with Gasteiger partial charge in [0.15, 0.2) is 0 Å². The third kappa shape index (κ3) is 3.34. The van der Waals surface area contributed by atoms with E-state index < -0.39 is 0 Å². The fraction of sp³-hybridized carbons (Fsp3) is 0. The van der Waals surface area contributed by atoms with Gasteiger partial charge in [-0.3, -0.25) is 0 Å². The molecule has 0 radical (unpaired) electrons. The number of benzene rings is 7. The summed E-state index contributed by atoms with van der Waals surface area (Å²) in [5.74, 6) is 0. The maximum atomic E-state index is 2.50. The second kappa shape index (κ2) is 8.72. The maximum Gasteiger partial charge on any atom is 0.0626 e. The van der Waals surface area contributed by atoms with E-state index >= 15 is 0 Å². The normalized spacial score (nSPS) is 11.6. The van der Waals surface area contributed by atoms with Gasteiger partial charge in [0.2, 0.25) is 0 Å². The standard InChI is InChI=1S/C38H25N/c1-3-12-26(13-4-1)27-22-24-29(25-23-27)39-37-30(28-14-5-2-6-15-28)20-11-21-35(37)36-33-18-9-7-16-31(33)32-17-8-10-19-34(32)38(36)39/h1-25H. The number of fused-ring (bicyclic) bond motifs is 8. The van der Waals surface area contributed by atoms with Crippen LogP contribution in [0.2, 0.25) is 0 Å². The molecule has 0 N–H and O–H groups in total. The highest BCUT2D eigenvalue weighted by molar-refractivity contribution is 6.33. The second-order valence-electron chi connectivity index (χ2n) is 10.1. The molecule has 0 saturated heterocycles. The summed E-state index contributed by atoms with van der Waals surface area (Å²) in [6.45, 7) is 0. The van der Waals surface area contributed by atoms with Gasteiger partial charge in [-0.15, -0.1) is 0 Å². The van der Waals surface area contributed by atoms with E-state index in [4.69, 9.17) is 0 Å². The molecule has 1 heteroatoms. The lowest BCUT2D eigenvalue weighted by atomic mass is 9.96. The van der Waals surface area contributed by atoms with Gasteiger partial charge < -0.3 is 4.57 Å². The first kappa shape index (κ1) is 21.9. The third-order valence-corrected chi connectivity index (χ3v) is 7.98. The zero-order valence-corrected chi connectivity index (χ0v) is 21.4. The molecule has 0 saturated carbocycles. The summed E-state index contributed by atoms with van der Waals surface area (Å²) < 4.78 is 2.50. The van der Waals surface area contributed by atoms with Crippen LogP contribution in [-0.2, 0) is 0 Å². The minimum atomic E-state index is 1.17. The molecular formula is C38H25N. The van der Waals surface area contributed by atoms with Crippen LogP contribution >= 0.6 is 0 Å². The van der Waals surface area contributed by atoms with Crippen molar-refractivity contribution in [3.8, 4) is 27.9 Å². The Kier molecular flexibility index (Phi) is 4.89. The Morgan fingerprint density at radius 1 is 0.308 bits per heavy atom. The lowest BCUT2D eigenvalue weighted by molar-refractivity contribution is 1.19. The van der Waals surface area contributed by atoms with E-state index in [2.05, 4.69) is 156 Å². The lowest BCUT2D eigenvalue weighted by Gasteiger charge is -2.14. The topological polar surface area (TPSA) is 4.93 Å². The van der Waals surface area contributed by atoms with E-state index in [0.29, 0.717) is 0 Å². The van der Waals surface area contributed by atoms with Crippen LogP contribution in [0.25, 0.3) is 71.3 Å². The SMILES string of the molecule is c1ccc(-c2ccc(-n3c4c(-c5ccccc5)cccc4c4c5ccccc5c5ccccc5c43)cc2)cc1. The van der Waals surface area contributed by atoms with Crippen molar-refractivity contribution in [3.63, 3.8) is 0 Å². The van der Waals surface area contributed by atoms with Gasteiger partial charge in [-0.25, -0.2) is 0 Å². The number of aromatic nitrogens is 1. The minimum absolute atomic E-state index is 1.17. The van der Waals surface area contributed by atoms with E-state index in [1.165, 1.54) is 71.3 Å². The smallest absolute Gasteiger partial charge is 0.0626 e. The van der Waals surface area contributed by atoms with Crippen LogP contribution < -0.4 is 0 Å². The Balaban J connectivity index is 1.56. The first-order chi connectivity index (χ1) is 19.4. The predicted molar refractivity (Wildman–Crippen MR) is 167 cm³/mol. The van der Waals surface area contributed by atoms with E-state index in [1.807, 2.05) is 0 Å². The Morgan fingerprint density at radius 3 is 1.51 bits per heavy atom. The largest absolute Gasteiger partial charge is 0.308 e. The summed E-state index contributed by atoms with van der Waals surface area (Å²) in [6, 6.07) is 54.9. The highest BCUT2D eigenvalue weighted by atomic mass is 15.0. The summed E-state index contributed by atoms with van der Waals surface area (Å²) in [5.41, 5.74) is 8.58. The average Bonchev–Trinajstić information content (AvgIpc) is 3.38. The average molecular weight is 496 g/mol. The van der Waals surface area contributed by atoms with Gasteiger partial charge in [0.25, 0.3) is 0 Å². The first-order valence-electron chi connectivity index (χ1n) is 13.5. The number of nitrogens with zero attached hydrogens (tertiary/aromatic N) is 1. The van der Waals surface area contributed by atoms with Crippen LogP contribution in [0.15, 0.2) is 152 Å². The molecular weight excluding hydrogens is 470 g/mol. The van der Waals surface area contributed by atoms with Crippen molar-refractivity contribution in [2.75, 3.05) is 0 Å². The molecule has 8 rings (SSSR count). The molecule has 1 nitrogen and oxygen atoms in total. The zero-order chi connectivity index (χ0) is 25.8. The Bertz CT molecular complexity index is 2130. The van der Waals surface area contributed by atoms with E-state index in [-0.39, 0.29) is 0 Å². The van der Waals surface area contributed by atoms with Crippen LogP contribution in [0.5, 0.6) is 0 Å². The number of rotatable bonds is 3. The summed E-state index contributed by atoms with van der Waals surface area (Å²) >= 11 is 0. The van der Waals surface area contributed by atoms with Gasteiger partial charge in [0.05, 0.1) is 11.0 Å². The molecule has 0 fully saturated rings. The molecule has 0 amide bonds. The van der Waals surface area contributed by atoms with Gasteiger partial charge in [-0.1, -0.05) is 140 Å². The Hall–Kier alpha value is -5.14. The lowest BCUT2D eigenvalue weighted by Crippen LogP contribution is -1.96. The minimum Gasteiger partial charge on any atom is -0.308 e. The highest BCUT2D eigenvalue weighted by Crippen LogP contribution is 2.44. The van der Waals surface area contributed by atoms with E-state index in [1.54, 1.807) is 0 Å². The van der Waals surface area contributed by atoms with Crippen molar-refractivity contribution in [1.82, 2.24) is 4.57 Å². The molecule has 1 aromatic heterocycles. The van der Waals surface area contributed by atoms with Gasteiger partial charge in [0.1, 0.15) is 0 Å². The fourth-order valence-electron chi connectivity index (χ4n) is 6.27. The molecule has 182 valence electrons. The number of hydrogen-bond acceptors (Lipinski definition) is 0. The molecule has 39 heavy (non-hydrogen) atoms. The molecule has 0 unspecified atom stereocenters. The zero-order valence-electron chi connectivity index (χ0n) is 21.4. The predicted octanol–water partition coefficient (Wildman–Crippen LogP) is 10.4. The van der Waals surface area contributed by atoms with E-state index in [0.717, 1.165) is 0 Å². The first-order valence-corrected chi connectivity index (χ1v) is 13.5. The summed E-state index contributed by atoms with van der Waals surface area (Å²) in [4.78, 5) is 0. The molecule has 0 aliphatic rings. The van der Waals surface area contributed by atoms with Crippen LogP contribution in [0.4, 0.5) is 0 Å². The monoisotopic (exact) mass is 495 g/mol. The third-order valence-electron chi connectivity index (χ3n) is 7.98. The second-order valence-corrected chi connectivity index (χ2v) is 10.1. The van der Waals surface area contributed by atoms with Crippen molar-refractivity contribution in [2.24, 2.45) is 0 Å². The van der Waals surface area contributed by atoms with Gasteiger partial charge >= 0.3 is 0 Å². The highest BCUT2D eigenvalue weighted by Gasteiger charge is 2.21. The molecule has 0 spiro atoms. The quantitative estimate of drug-likeness (QED) is 0.215. The fourth-order valence-corrected chi connectivity index (χ4v) is 6.27.